The predicted molar refractivity (Wildman–Crippen MR) is 114 cm³/mol. The van der Waals surface area contributed by atoms with Gasteiger partial charge in [-0.2, -0.15) is 0 Å². The molecule has 0 spiro atoms. The molecule has 2 amide bonds. The molecular formula is C24H24N2O3. The van der Waals surface area contributed by atoms with E-state index in [-0.39, 0.29) is 17.9 Å². The molecule has 5 heteroatoms. The van der Waals surface area contributed by atoms with Gasteiger partial charge in [0.2, 0.25) is 5.91 Å². The smallest absolute Gasteiger partial charge is 0.256 e. The SMILES string of the molecule is O=C(Nc1ccc(CC(=O)N2CCC(O)CC2)cc1)c1cccc2ccccc12. The van der Waals surface area contributed by atoms with Crippen LogP contribution in [0.25, 0.3) is 10.8 Å². The van der Waals surface area contributed by atoms with Crippen molar-refractivity contribution < 1.29 is 14.7 Å². The summed E-state index contributed by atoms with van der Waals surface area (Å²) in [6.45, 7) is 1.22. The number of anilines is 1. The van der Waals surface area contributed by atoms with E-state index >= 15 is 0 Å². The Labute approximate surface area is 170 Å². The van der Waals surface area contributed by atoms with E-state index < -0.39 is 0 Å². The van der Waals surface area contributed by atoms with E-state index in [1.807, 2.05) is 71.6 Å². The Morgan fingerprint density at radius 1 is 0.931 bits per heavy atom. The second-order valence-corrected chi connectivity index (χ2v) is 7.47. The van der Waals surface area contributed by atoms with Crippen LogP contribution in [0, 0.1) is 0 Å². The van der Waals surface area contributed by atoms with E-state index in [0.29, 0.717) is 43.6 Å². The maximum Gasteiger partial charge on any atom is 0.256 e. The third-order valence-corrected chi connectivity index (χ3v) is 5.42. The Hall–Kier alpha value is -3.18. The fraction of sp³-hybridized carbons (Fsp3) is 0.250. The molecule has 2 N–H and O–H groups in total. The van der Waals surface area contributed by atoms with Gasteiger partial charge >= 0.3 is 0 Å². The van der Waals surface area contributed by atoms with Crippen molar-refractivity contribution in [3.05, 3.63) is 77.9 Å². The van der Waals surface area contributed by atoms with Gasteiger partial charge in [-0.05, 0) is 47.4 Å². The van der Waals surface area contributed by atoms with Crippen LogP contribution < -0.4 is 5.32 Å². The van der Waals surface area contributed by atoms with Crippen molar-refractivity contribution in [1.82, 2.24) is 4.90 Å². The zero-order valence-electron chi connectivity index (χ0n) is 16.2. The first-order valence-corrected chi connectivity index (χ1v) is 9.94. The van der Waals surface area contributed by atoms with E-state index in [0.717, 1.165) is 16.3 Å². The summed E-state index contributed by atoms with van der Waals surface area (Å²) in [4.78, 5) is 27.0. The molecule has 1 heterocycles. The summed E-state index contributed by atoms with van der Waals surface area (Å²) in [5.74, 6) is -0.0815. The number of carbonyl (C=O) groups is 2. The monoisotopic (exact) mass is 388 g/mol. The number of nitrogens with zero attached hydrogens (tertiary/aromatic N) is 1. The number of piperidine rings is 1. The first-order chi connectivity index (χ1) is 14.1. The Bertz CT molecular complexity index is 1020. The van der Waals surface area contributed by atoms with E-state index in [9.17, 15) is 14.7 Å². The Morgan fingerprint density at radius 2 is 1.62 bits per heavy atom. The topological polar surface area (TPSA) is 69.6 Å². The van der Waals surface area contributed by atoms with Crippen molar-refractivity contribution in [3.8, 4) is 0 Å². The number of likely N-dealkylation sites (tertiary alicyclic amines) is 1. The number of rotatable bonds is 4. The second kappa shape index (κ2) is 8.45. The molecule has 3 aromatic rings. The van der Waals surface area contributed by atoms with Gasteiger partial charge in [0.15, 0.2) is 0 Å². The number of hydrogen-bond acceptors (Lipinski definition) is 3. The predicted octanol–water partition coefficient (Wildman–Crippen LogP) is 3.62. The van der Waals surface area contributed by atoms with Gasteiger partial charge in [-0.1, -0.05) is 48.5 Å². The minimum atomic E-state index is -0.288. The molecule has 0 bridgehead atoms. The van der Waals surface area contributed by atoms with Crippen molar-refractivity contribution in [2.24, 2.45) is 0 Å². The highest BCUT2D eigenvalue weighted by molar-refractivity contribution is 6.12. The zero-order chi connectivity index (χ0) is 20.2. The lowest BCUT2D eigenvalue weighted by Crippen LogP contribution is -2.40. The number of aliphatic hydroxyl groups is 1. The molecule has 4 rings (SSSR count). The fourth-order valence-corrected chi connectivity index (χ4v) is 3.73. The highest BCUT2D eigenvalue weighted by Crippen LogP contribution is 2.20. The highest BCUT2D eigenvalue weighted by atomic mass is 16.3. The van der Waals surface area contributed by atoms with Crippen LogP contribution in [0.1, 0.15) is 28.8 Å². The van der Waals surface area contributed by atoms with Crippen molar-refractivity contribution in [2.75, 3.05) is 18.4 Å². The third kappa shape index (κ3) is 4.46. The molecular weight excluding hydrogens is 364 g/mol. The number of hydrogen-bond donors (Lipinski definition) is 2. The fourth-order valence-electron chi connectivity index (χ4n) is 3.73. The molecule has 148 valence electrons. The maximum absolute atomic E-state index is 12.7. The normalized spacial score (nSPS) is 14.7. The van der Waals surface area contributed by atoms with Crippen molar-refractivity contribution in [3.63, 3.8) is 0 Å². The molecule has 1 fully saturated rings. The number of amides is 2. The standard InChI is InChI=1S/C24H24N2O3/c27-20-12-14-26(15-13-20)23(28)16-17-8-10-19(11-9-17)25-24(29)22-7-3-5-18-4-1-2-6-21(18)22/h1-11,20,27H,12-16H2,(H,25,29). The summed E-state index contributed by atoms with van der Waals surface area (Å²) in [5, 5.41) is 14.5. The lowest BCUT2D eigenvalue weighted by molar-refractivity contribution is -0.132. The number of carbonyl (C=O) groups excluding carboxylic acids is 2. The molecule has 1 saturated heterocycles. The first-order valence-electron chi connectivity index (χ1n) is 9.94. The van der Waals surface area contributed by atoms with Crippen LogP contribution in [0.15, 0.2) is 66.7 Å². The number of benzene rings is 3. The minimum absolute atomic E-state index is 0.0736. The van der Waals surface area contributed by atoms with Crippen molar-refractivity contribution in [1.29, 1.82) is 0 Å². The molecule has 0 atom stereocenters. The average Bonchev–Trinajstić information content (AvgIpc) is 2.75. The summed E-state index contributed by atoms with van der Waals surface area (Å²) >= 11 is 0. The van der Waals surface area contributed by atoms with Gasteiger partial charge in [0.05, 0.1) is 12.5 Å². The van der Waals surface area contributed by atoms with Crippen LogP contribution in [0.2, 0.25) is 0 Å². The average molecular weight is 388 g/mol. The van der Waals surface area contributed by atoms with E-state index in [4.69, 9.17) is 0 Å². The molecule has 0 aliphatic carbocycles. The maximum atomic E-state index is 12.7. The molecule has 3 aromatic carbocycles. The van der Waals surface area contributed by atoms with Crippen molar-refractivity contribution in [2.45, 2.75) is 25.4 Å². The highest BCUT2D eigenvalue weighted by Gasteiger charge is 2.21. The summed E-state index contributed by atoms with van der Waals surface area (Å²) in [6, 6.07) is 20.9. The van der Waals surface area contributed by atoms with Gasteiger partial charge < -0.3 is 15.3 Å². The Kier molecular flexibility index (Phi) is 5.58. The third-order valence-electron chi connectivity index (χ3n) is 5.42. The summed E-state index contributed by atoms with van der Waals surface area (Å²) in [6.07, 6.45) is 1.33. The second-order valence-electron chi connectivity index (χ2n) is 7.47. The summed E-state index contributed by atoms with van der Waals surface area (Å²) < 4.78 is 0. The van der Waals surface area contributed by atoms with Crippen LogP contribution >= 0.6 is 0 Å². The quantitative estimate of drug-likeness (QED) is 0.717. The van der Waals surface area contributed by atoms with E-state index in [1.54, 1.807) is 0 Å². The molecule has 1 aliphatic heterocycles. The molecule has 29 heavy (non-hydrogen) atoms. The molecule has 0 saturated carbocycles. The van der Waals surface area contributed by atoms with Gasteiger partial charge in [0.1, 0.15) is 0 Å². The van der Waals surface area contributed by atoms with Gasteiger partial charge in [-0.25, -0.2) is 0 Å². The van der Waals surface area contributed by atoms with Crippen LogP contribution in [0.5, 0.6) is 0 Å². The van der Waals surface area contributed by atoms with E-state index in [1.165, 1.54) is 0 Å². The van der Waals surface area contributed by atoms with Crippen molar-refractivity contribution >= 4 is 28.3 Å². The first kappa shape index (κ1) is 19.2. The largest absolute Gasteiger partial charge is 0.393 e. The van der Waals surface area contributed by atoms with E-state index in [2.05, 4.69) is 5.32 Å². The zero-order valence-corrected chi connectivity index (χ0v) is 16.2. The Balaban J connectivity index is 1.40. The molecule has 0 aromatic heterocycles. The number of nitrogens with one attached hydrogen (secondary N) is 1. The molecule has 1 aliphatic rings. The minimum Gasteiger partial charge on any atom is -0.393 e. The summed E-state index contributed by atoms with van der Waals surface area (Å²) in [7, 11) is 0. The van der Waals surface area contributed by atoms with Crippen LogP contribution in [-0.4, -0.2) is 41.0 Å². The summed E-state index contributed by atoms with van der Waals surface area (Å²) in [5.41, 5.74) is 2.24. The van der Waals surface area contributed by atoms with Crippen LogP contribution in [-0.2, 0) is 11.2 Å². The van der Waals surface area contributed by atoms with Crippen LogP contribution in [0.3, 0.4) is 0 Å². The molecule has 5 nitrogen and oxygen atoms in total. The van der Waals surface area contributed by atoms with Crippen LogP contribution in [0.4, 0.5) is 5.69 Å². The number of aliphatic hydroxyl groups excluding tert-OH is 1. The lowest BCUT2D eigenvalue weighted by Gasteiger charge is -2.29. The lowest BCUT2D eigenvalue weighted by atomic mass is 10.0. The number of fused-ring (bicyclic) bond motifs is 1. The van der Waals surface area contributed by atoms with Gasteiger partial charge in [0, 0.05) is 24.3 Å². The Morgan fingerprint density at radius 3 is 2.38 bits per heavy atom. The molecule has 0 unspecified atom stereocenters. The molecule has 0 radical (unpaired) electrons. The van der Waals surface area contributed by atoms with Gasteiger partial charge in [-0.15, -0.1) is 0 Å². The van der Waals surface area contributed by atoms with Gasteiger partial charge in [-0.3, -0.25) is 9.59 Å². The van der Waals surface area contributed by atoms with Gasteiger partial charge in [0.25, 0.3) is 5.91 Å².